The Morgan fingerprint density at radius 3 is 3.00 bits per heavy atom. The highest BCUT2D eigenvalue weighted by molar-refractivity contribution is 5.79. The summed E-state index contributed by atoms with van der Waals surface area (Å²) in [5.41, 5.74) is 0.924. The van der Waals surface area contributed by atoms with Gasteiger partial charge >= 0.3 is 5.97 Å². The van der Waals surface area contributed by atoms with Gasteiger partial charge < -0.3 is 9.15 Å². The molecule has 0 N–H and O–H groups in total. The van der Waals surface area contributed by atoms with Gasteiger partial charge in [-0.15, -0.1) is 0 Å². The number of esters is 1. The Bertz CT molecular complexity index is 250. The molecule has 1 aliphatic rings. The first-order valence-corrected chi connectivity index (χ1v) is 3.56. The monoisotopic (exact) mass is 152 g/mol. The standard InChI is InChI=1S/C8H8O3/c9-8-7(2-4-11-8)6-1-3-10-5-6/h1,3,5,7H,2,4H2. The molecule has 0 bridgehead atoms. The van der Waals surface area contributed by atoms with Gasteiger partial charge in [-0.1, -0.05) is 0 Å². The molecule has 0 aliphatic carbocycles. The van der Waals surface area contributed by atoms with E-state index in [9.17, 15) is 4.79 Å². The molecule has 1 atom stereocenters. The molecular formula is C8H8O3. The van der Waals surface area contributed by atoms with Gasteiger partial charge in [0, 0.05) is 5.56 Å². The fraction of sp³-hybridized carbons (Fsp3) is 0.375. The first kappa shape index (κ1) is 6.46. The third kappa shape index (κ3) is 1.02. The molecule has 1 fully saturated rings. The van der Waals surface area contributed by atoms with Crippen molar-refractivity contribution >= 4 is 5.97 Å². The van der Waals surface area contributed by atoms with Crippen molar-refractivity contribution in [2.75, 3.05) is 6.61 Å². The van der Waals surface area contributed by atoms with Gasteiger partial charge in [0.15, 0.2) is 0 Å². The second-order valence-corrected chi connectivity index (χ2v) is 2.57. The first-order valence-electron chi connectivity index (χ1n) is 3.56. The highest BCUT2D eigenvalue weighted by Crippen LogP contribution is 2.26. The van der Waals surface area contributed by atoms with E-state index in [0.29, 0.717) is 6.61 Å². The lowest BCUT2D eigenvalue weighted by Crippen LogP contribution is -2.03. The van der Waals surface area contributed by atoms with E-state index in [4.69, 9.17) is 9.15 Å². The SMILES string of the molecule is O=C1OCCC1c1ccoc1. The second kappa shape index (κ2) is 2.42. The molecule has 0 radical (unpaired) electrons. The normalized spacial score (nSPS) is 23.6. The van der Waals surface area contributed by atoms with Crippen molar-refractivity contribution in [3.8, 4) is 0 Å². The average Bonchev–Trinajstić information content (AvgIpc) is 2.55. The van der Waals surface area contributed by atoms with E-state index in [-0.39, 0.29) is 11.9 Å². The van der Waals surface area contributed by atoms with Crippen LogP contribution in [0.4, 0.5) is 0 Å². The van der Waals surface area contributed by atoms with E-state index >= 15 is 0 Å². The predicted octanol–water partition coefficient (Wildman–Crippen LogP) is 1.31. The van der Waals surface area contributed by atoms with E-state index in [1.807, 2.05) is 0 Å². The molecule has 2 heterocycles. The number of carbonyl (C=O) groups is 1. The highest BCUT2D eigenvalue weighted by Gasteiger charge is 2.28. The van der Waals surface area contributed by atoms with E-state index in [1.165, 1.54) is 0 Å². The fourth-order valence-electron chi connectivity index (χ4n) is 1.27. The summed E-state index contributed by atoms with van der Waals surface area (Å²) < 4.78 is 9.68. The zero-order valence-corrected chi connectivity index (χ0v) is 5.95. The first-order chi connectivity index (χ1) is 5.38. The maximum Gasteiger partial charge on any atom is 0.313 e. The van der Waals surface area contributed by atoms with Crippen molar-refractivity contribution in [3.05, 3.63) is 24.2 Å². The number of cyclic esters (lactones) is 1. The molecule has 1 saturated heterocycles. The van der Waals surface area contributed by atoms with Crippen molar-refractivity contribution in [2.24, 2.45) is 0 Å². The summed E-state index contributed by atoms with van der Waals surface area (Å²) in [6.07, 6.45) is 3.94. The Hall–Kier alpha value is -1.25. The predicted molar refractivity (Wildman–Crippen MR) is 37.0 cm³/mol. The lowest BCUT2D eigenvalue weighted by atomic mass is 10.0. The molecule has 0 aromatic carbocycles. The summed E-state index contributed by atoms with van der Waals surface area (Å²) >= 11 is 0. The van der Waals surface area contributed by atoms with Gasteiger partial charge in [-0.25, -0.2) is 0 Å². The number of hydrogen-bond donors (Lipinski definition) is 0. The smallest absolute Gasteiger partial charge is 0.313 e. The maximum absolute atomic E-state index is 11.0. The van der Waals surface area contributed by atoms with Crippen LogP contribution in [0.3, 0.4) is 0 Å². The zero-order valence-electron chi connectivity index (χ0n) is 5.95. The van der Waals surface area contributed by atoms with Crippen molar-refractivity contribution in [3.63, 3.8) is 0 Å². The van der Waals surface area contributed by atoms with Crippen LogP contribution in [0.2, 0.25) is 0 Å². The van der Waals surface area contributed by atoms with E-state index in [1.54, 1.807) is 18.6 Å². The van der Waals surface area contributed by atoms with Gasteiger partial charge in [-0.05, 0) is 12.5 Å². The fourth-order valence-corrected chi connectivity index (χ4v) is 1.27. The Labute approximate surface area is 64.0 Å². The van der Waals surface area contributed by atoms with Crippen molar-refractivity contribution < 1.29 is 13.9 Å². The third-order valence-electron chi connectivity index (χ3n) is 1.88. The molecule has 0 spiro atoms. The van der Waals surface area contributed by atoms with E-state index < -0.39 is 0 Å². The van der Waals surface area contributed by atoms with Crippen LogP contribution in [0, 0.1) is 0 Å². The Morgan fingerprint density at radius 1 is 1.55 bits per heavy atom. The summed E-state index contributed by atoms with van der Waals surface area (Å²) in [6.45, 7) is 0.536. The third-order valence-corrected chi connectivity index (χ3v) is 1.88. The number of hydrogen-bond acceptors (Lipinski definition) is 3. The second-order valence-electron chi connectivity index (χ2n) is 2.57. The van der Waals surface area contributed by atoms with Crippen LogP contribution in [0.5, 0.6) is 0 Å². The molecule has 0 saturated carbocycles. The number of furan rings is 1. The quantitative estimate of drug-likeness (QED) is 0.569. The average molecular weight is 152 g/mol. The summed E-state index contributed by atoms with van der Waals surface area (Å²) in [7, 11) is 0. The minimum atomic E-state index is -0.133. The Kier molecular flexibility index (Phi) is 1.42. The largest absolute Gasteiger partial charge is 0.472 e. The highest BCUT2D eigenvalue weighted by atomic mass is 16.5. The molecule has 1 unspecified atom stereocenters. The maximum atomic E-state index is 11.0. The van der Waals surface area contributed by atoms with E-state index in [0.717, 1.165) is 12.0 Å². The molecular weight excluding hydrogens is 144 g/mol. The van der Waals surface area contributed by atoms with Crippen LogP contribution < -0.4 is 0 Å². The van der Waals surface area contributed by atoms with Crippen molar-refractivity contribution in [2.45, 2.75) is 12.3 Å². The molecule has 3 heteroatoms. The van der Waals surface area contributed by atoms with Crippen LogP contribution in [0.1, 0.15) is 17.9 Å². The van der Waals surface area contributed by atoms with Crippen LogP contribution in [0.15, 0.2) is 23.0 Å². The Morgan fingerprint density at radius 2 is 2.45 bits per heavy atom. The van der Waals surface area contributed by atoms with Gasteiger partial charge in [-0.2, -0.15) is 0 Å². The topological polar surface area (TPSA) is 39.4 Å². The summed E-state index contributed by atoms with van der Waals surface area (Å²) in [4.78, 5) is 11.0. The van der Waals surface area contributed by atoms with Crippen LogP contribution in [-0.2, 0) is 9.53 Å². The summed E-state index contributed by atoms with van der Waals surface area (Å²) in [6, 6.07) is 1.80. The lowest BCUT2D eigenvalue weighted by Gasteiger charge is -1.98. The molecule has 1 aromatic rings. The number of rotatable bonds is 1. The van der Waals surface area contributed by atoms with Crippen LogP contribution in [0.25, 0.3) is 0 Å². The zero-order chi connectivity index (χ0) is 7.68. The lowest BCUT2D eigenvalue weighted by molar-refractivity contribution is -0.139. The Balaban J connectivity index is 2.23. The number of carbonyl (C=O) groups excluding carboxylic acids is 1. The molecule has 58 valence electrons. The van der Waals surface area contributed by atoms with Gasteiger partial charge in [0.25, 0.3) is 0 Å². The minimum Gasteiger partial charge on any atom is -0.472 e. The molecule has 1 aliphatic heterocycles. The molecule has 11 heavy (non-hydrogen) atoms. The van der Waals surface area contributed by atoms with Gasteiger partial charge in [0.05, 0.1) is 25.1 Å². The summed E-state index contributed by atoms with van der Waals surface area (Å²) in [5, 5.41) is 0. The number of ether oxygens (including phenoxy) is 1. The minimum absolute atomic E-state index is 0.0891. The van der Waals surface area contributed by atoms with Crippen LogP contribution in [-0.4, -0.2) is 12.6 Å². The van der Waals surface area contributed by atoms with Gasteiger partial charge in [-0.3, -0.25) is 4.79 Å². The molecule has 1 aromatic heterocycles. The molecule has 0 amide bonds. The van der Waals surface area contributed by atoms with Crippen molar-refractivity contribution in [1.29, 1.82) is 0 Å². The molecule has 3 nitrogen and oxygen atoms in total. The van der Waals surface area contributed by atoms with Crippen molar-refractivity contribution in [1.82, 2.24) is 0 Å². The molecule has 2 rings (SSSR count). The van der Waals surface area contributed by atoms with Gasteiger partial charge in [0.2, 0.25) is 0 Å². The van der Waals surface area contributed by atoms with Gasteiger partial charge in [0.1, 0.15) is 0 Å². The van der Waals surface area contributed by atoms with Crippen LogP contribution >= 0.6 is 0 Å². The summed E-state index contributed by atoms with van der Waals surface area (Å²) in [5.74, 6) is -0.222. The van der Waals surface area contributed by atoms with E-state index in [2.05, 4.69) is 0 Å².